The number of nitrogens with one attached hydrogen (secondary N) is 2. The number of carbonyl (C=O) groups is 4. The Hall–Kier alpha value is -2.66. The zero-order valence-electron chi connectivity index (χ0n) is 15.3. The third-order valence-corrected chi connectivity index (χ3v) is 5.22. The molecule has 1 aliphatic heterocycles. The van der Waals surface area contributed by atoms with Crippen LogP contribution in [0.1, 0.15) is 15.9 Å². The first-order valence-electron chi connectivity index (χ1n) is 8.30. The molecule has 0 fully saturated rings. The van der Waals surface area contributed by atoms with Crippen LogP contribution in [0, 0.1) is 0 Å². The van der Waals surface area contributed by atoms with Gasteiger partial charge in [-0.15, -0.1) is 11.6 Å². The minimum atomic E-state index is -1.32. The Labute approximate surface area is 174 Å². The molecule has 0 bridgehead atoms. The average molecular weight is 447 g/mol. The number of methoxy groups -OCH3 is 1. The van der Waals surface area contributed by atoms with Crippen LogP contribution in [0.2, 0.25) is 0 Å². The first-order chi connectivity index (χ1) is 13.8. The van der Waals surface area contributed by atoms with Crippen LogP contribution in [0.4, 0.5) is 0 Å². The Morgan fingerprint density at radius 2 is 2.10 bits per heavy atom. The molecule has 0 saturated heterocycles. The molecule has 1 aromatic rings. The molecule has 2 amide bonds. The molecule has 0 aromatic heterocycles. The number of alkyl halides is 1. The summed E-state index contributed by atoms with van der Waals surface area (Å²) in [7, 11) is 1.16. The van der Waals surface area contributed by atoms with Crippen LogP contribution in [0.15, 0.2) is 12.1 Å². The van der Waals surface area contributed by atoms with E-state index in [1.165, 1.54) is 0 Å². The second-order valence-corrected chi connectivity index (χ2v) is 7.24. The molecular weight excluding hydrogens is 428 g/mol. The first kappa shape index (κ1) is 22.6. The molecule has 2 rings (SSSR count). The summed E-state index contributed by atoms with van der Waals surface area (Å²) >= 11 is 6.58. The number of thioether (sulfide) groups is 1. The molecule has 158 valence electrons. The lowest BCUT2D eigenvalue weighted by molar-refractivity contribution is -0.144. The van der Waals surface area contributed by atoms with E-state index in [-0.39, 0.29) is 34.1 Å². The zero-order chi connectivity index (χ0) is 21.6. The molecule has 0 unspecified atom stereocenters. The van der Waals surface area contributed by atoms with E-state index >= 15 is 0 Å². The lowest BCUT2D eigenvalue weighted by atomic mass is 10.1. The molecule has 0 aliphatic carbocycles. The van der Waals surface area contributed by atoms with Crippen molar-refractivity contribution in [2.75, 3.05) is 25.3 Å². The number of ether oxygens (including phenoxy) is 2. The summed E-state index contributed by atoms with van der Waals surface area (Å²) in [5.41, 5.74) is 0.0858. The lowest BCUT2D eigenvalue weighted by Crippen LogP contribution is -2.54. The van der Waals surface area contributed by atoms with E-state index in [0.717, 1.165) is 31.0 Å². The van der Waals surface area contributed by atoms with Gasteiger partial charge in [-0.1, -0.05) is 0 Å². The number of fused-ring (bicyclic) bond motifs is 1. The monoisotopic (exact) mass is 446 g/mol. The quantitative estimate of drug-likeness (QED) is 0.368. The van der Waals surface area contributed by atoms with Gasteiger partial charge in [0.15, 0.2) is 0 Å². The number of esters is 2. The maximum Gasteiger partial charge on any atom is 0.338 e. The second kappa shape index (κ2) is 10.2. The number of cyclic esters (lactones) is 1. The summed E-state index contributed by atoms with van der Waals surface area (Å²) in [6, 6.07) is -0.183. The maximum absolute atomic E-state index is 12.5. The molecule has 4 N–H and O–H groups in total. The van der Waals surface area contributed by atoms with Crippen molar-refractivity contribution in [1.29, 1.82) is 0 Å². The van der Waals surface area contributed by atoms with E-state index in [1.54, 1.807) is 0 Å². The summed E-state index contributed by atoms with van der Waals surface area (Å²) in [6.45, 7) is -0.565. The van der Waals surface area contributed by atoms with Gasteiger partial charge in [0.25, 0.3) is 0 Å². The van der Waals surface area contributed by atoms with Crippen LogP contribution in [-0.4, -0.2) is 71.4 Å². The Balaban J connectivity index is 2.39. The van der Waals surface area contributed by atoms with Crippen molar-refractivity contribution in [3.8, 4) is 11.5 Å². The van der Waals surface area contributed by atoms with Crippen LogP contribution in [0.5, 0.6) is 11.5 Å². The van der Waals surface area contributed by atoms with E-state index in [9.17, 15) is 29.4 Å². The van der Waals surface area contributed by atoms with E-state index < -0.39 is 48.3 Å². The highest BCUT2D eigenvalue weighted by Gasteiger charge is 2.30. The number of hydrogen-bond acceptors (Lipinski definition) is 9. The number of phenolic OH excluding ortho intramolecular Hbond substituents is 2. The standard InChI is InChI=1S/C17H19ClN2O8S/c1-27-17(26)12-7-29-6-10-9(2-8(21)3-13(10)22)16(25)28-5-11(15(24)20-12)19-14(23)4-18/h2-3,11-12,21-22H,4-7H2,1H3,(H,19,23)(H,20,24)/t11-,12-/m0/s1. The van der Waals surface area contributed by atoms with Crippen molar-refractivity contribution in [2.45, 2.75) is 17.8 Å². The number of benzene rings is 1. The van der Waals surface area contributed by atoms with Gasteiger partial charge in [-0.05, 0) is 6.07 Å². The van der Waals surface area contributed by atoms with Crippen molar-refractivity contribution in [3.63, 3.8) is 0 Å². The first-order valence-corrected chi connectivity index (χ1v) is 9.99. The molecule has 1 aromatic carbocycles. The fraction of sp³-hybridized carbons (Fsp3) is 0.412. The van der Waals surface area contributed by atoms with Gasteiger partial charge in [-0.3, -0.25) is 9.59 Å². The Kier molecular flexibility index (Phi) is 7.97. The zero-order valence-corrected chi connectivity index (χ0v) is 16.8. The number of halogens is 1. The molecule has 0 radical (unpaired) electrons. The minimum Gasteiger partial charge on any atom is -0.508 e. The Bertz CT molecular complexity index is 819. The van der Waals surface area contributed by atoms with Gasteiger partial charge >= 0.3 is 11.9 Å². The number of rotatable bonds is 3. The normalized spacial score (nSPS) is 20.2. The highest BCUT2D eigenvalue weighted by atomic mass is 35.5. The molecule has 10 nitrogen and oxygen atoms in total. The van der Waals surface area contributed by atoms with E-state index in [1.807, 2.05) is 0 Å². The van der Waals surface area contributed by atoms with Crippen molar-refractivity contribution in [2.24, 2.45) is 0 Å². The molecule has 29 heavy (non-hydrogen) atoms. The second-order valence-electron chi connectivity index (χ2n) is 5.94. The largest absolute Gasteiger partial charge is 0.508 e. The number of phenols is 2. The van der Waals surface area contributed by atoms with E-state index in [0.29, 0.717) is 0 Å². The molecule has 2 atom stereocenters. The molecule has 1 heterocycles. The summed E-state index contributed by atoms with van der Waals surface area (Å²) in [5, 5.41) is 24.5. The highest BCUT2D eigenvalue weighted by Crippen LogP contribution is 2.31. The highest BCUT2D eigenvalue weighted by molar-refractivity contribution is 7.98. The molecule has 0 spiro atoms. The summed E-state index contributed by atoms with van der Waals surface area (Å²) in [4.78, 5) is 48.6. The van der Waals surface area contributed by atoms with Crippen molar-refractivity contribution < 1.29 is 38.9 Å². The minimum absolute atomic E-state index is 0.0589. The van der Waals surface area contributed by atoms with E-state index in [4.69, 9.17) is 16.3 Å². The van der Waals surface area contributed by atoms with Crippen molar-refractivity contribution in [1.82, 2.24) is 10.6 Å². The number of aromatic hydroxyl groups is 2. The lowest BCUT2D eigenvalue weighted by Gasteiger charge is -2.23. The van der Waals surface area contributed by atoms with Crippen molar-refractivity contribution >= 4 is 47.1 Å². The van der Waals surface area contributed by atoms with Crippen LogP contribution in [0.25, 0.3) is 0 Å². The molecule has 1 aliphatic rings. The number of hydrogen-bond donors (Lipinski definition) is 4. The van der Waals surface area contributed by atoms with Crippen LogP contribution >= 0.6 is 23.4 Å². The average Bonchev–Trinajstić information content (AvgIpc) is 2.69. The maximum atomic E-state index is 12.5. The van der Waals surface area contributed by atoms with Crippen LogP contribution in [0.3, 0.4) is 0 Å². The van der Waals surface area contributed by atoms with Crippen molar-refractivity contribution in [3.05, 3.63) is 23.3 Å². The topological polar surface area (TPSA) is 151 Å². The van der Waals surface area contributed by atoms with Gasteiger partial charge < -0.3 is 30.3 Å². The number of carbonyl (C=O) groups excluding carboxylic acids is 4. The third kappa shape index (κ3) is 5.91. The van der Waals surface area contributed by atoms with Gasteiger partial charge in [0, 0.05) is 23.1 Å². The third-order valence-electron chi connectivity index (χ3n) is 3.92. The van der Waals surface area contributed by atoms with Gasteiger partial charge in [0.05, 0.1) is 12.7 Å². The molecular formula is C17H19ClN2O8S. The Morgan fingerprint density at radius 1 is 1.38 bits per heavy atom. The van der Waals surface area contributed by atoms with Gasteiger partial charge in [-0.25, -0.2) is 9.59 Å². The molecule has 0 saturated carbocycles. The van der Waals surface area contributed by atoms with Gasteiger partial charge in [-0.2, -0.15) is 11.8 Å². The smallest absolute Gasteiger partial charge is 0.338 e. The van der Waals surface area contributed by atoms with Crippen LogP contribution in [-0.2, 0) is 29.6 Å². The summed E-state index contributed by atoms with van der Waals surface area (Å²) in [6.07, 6.45) is 0. The summed E-state index contributed by atoms with van der Waals surface area (Å²) in [5.74, 6) is -4.04. The van der Waals surface area contributed by atoms with Gasteiger partial charge in [0.1, 0.15) is 36.1 Å². The van der Waals surface area contributed by atoms with Gasteiger partial charge in [0.2, 0.25) is 11.8 Å². The predicted octanol–water partition coefficient (Wildman–Crippen LogP) is -0.117. The summed E-state index contributed by atoms with van der Waals surface area (Å²) < 4.78 is 9.78. The predicted molar refractivity (Wildman–Crippen MR) is 103 cm³/mol. The molecule has 12 heteroatoms. The Morgan fingerprint density at radius 3 is 2.76 bits per heavy atom. The number of amides is 2. The fourth-order valence-corrected chi connectivity index (χ4v) is 3.65. The SMILES string of the molecule is COC(=O)[C@@H]1CSCc2c(O)cc(O)cc2C(=O)OC[C@H](NC(=O)CCl)C(=O)N1. The van der Waals surface area contributed by atoms with Crippen LogP contribution < -0.4 is 10.6 Å². The fourth-order valence-electron chi connectivity index (χ4n) is 2.49. The van der Waals surface area contributed by atoms with E-state index in [2.05, 4.69) is 15.4 Å².